The Kier molecular flexibility index (Phi) is 8.94. The van der Waals surface area contributed by atoms with Gasteiger partial charge >= 0.3 is 12.2 Å². The summed E-state index contributed by atoms with van der Waals surface area (Å²) >= 11 is 6.25. The Bertz CT molecular complexity index is 1490. The van der Waals surface area contributed by atoms with E-state index < -0.39 is 18.8 Å². The van der Waals surface area contributed by atoms with Gasteiger partial charge in [0.25, 0.3) is 0 Å². The highest BCUT2D eigenvalue weighted by molar-refractivity contribution is 6.31. The first-order valence-corrected chi connectivity index (χ1v) is 14.4. The van der Waals surface area contributed by atoms with Crippen LogP contribution in [-0.2, 0) is 24.4 Å². The lowest BCUT2D eigenvalue weighted by atomic mass is 10.1. The number of fused-ring (bicyclic) bond motifs is 2. The molecule has 1 saturated heterocycles. The molecule has 1 fully saturated rings. The van der Waals surface area contributed by atoms with Gasteiger partial charge in [0.05, 0.1) is 25.7 Å². The first-order chi connectivity index (χ1) is 20.1. The molecule has 5 rings (SSSR count). The fourth-order valence-electron chi connectivity index (χ4n) is 5.80. The van der Waals surface area contributed by atoms with E-state index in [4.69, 9.17) is 16.9 Å². The zero-order valence-corrected chi connectivity index (χ0v) is 23.8. The number of aromatic nitrogens is 1. The second kappa shape index (κ2) is 12.6. The van der Waals surface area contributed by atoms with E-state index >= 15 is 0 Å². The Morgan fingerprint density at radius 2 is 1.86 bits per heavy atom. The Labute approximate surface area is 247 Å². The molecule has 0 atom stereocenters. The number of hydrogen-bond acceptors (Lipinski definition) is 4. The van der Waals surface area contributed by atoms with Gasteiger partial charge < -0.3 is 19.7 Å². The molecule has 2 aromatic carbocycles. The van der Waals surface area contributed by atoms with Crippen LogP contribution in [0.15, 0.2) is 48.5 Å². The number of urea groups is 1. The zero-order chi connectivity index (χ0) is 29.9. The van der Waals surface area contributed by atoms with Gasteiger partial charge in [0, 0.05) is 59.4 Å². The summed E-state index contributed by atoms with van der Waals surface area (Å²) in [5.41, 5.74) is 3.38. The van der Waals surface area contributed by atoms with Gasteiger partial charge in [-0.05, 0) is 55.2 Å². The van der Waals surface area contributed by atoms with Gasteiger partial charge in [-0.2, -0.15) is 18.4 Å². The molecule has 42 heavy (non-hydrogen) atoms. The number of nitrogens with one attached hydrogen (secondary N) is 1. The predicted octanol–water partition coefficient (Wildman–Crippen LogP) is 5.68. The molecule has 0 saturated carbocycles. The second-order valence-electron chi connectivity index (χ2n) is 10.8. The highest BCUT2D eigenvalue weighted by atomic mass is 35.5. The normalized spacial score (nSPS) is 16.8. The number of piperidine rings is 1. The number of benzene rings is 2. The molecule has 0 bridgehead atoms. The minimum atomic E-state index is -4.25. The molecule has 0 aliphatic carbocycles. The largest absolute Gasteiger partial charge is 0.401 e. The molecule has 2 aliphatic heterocycles. The van der Waals surface area contributed by atoms with E-state index in [0.29, 0.717) is 42.9 Å². The maximum Gasteiger partial charge on any atom is 0.401 e. The number of unbranched alkanes of at least 4 members (excludes halogenated alkanes) is 1. The van der Waals surface area contributed by atoms with Crippen LogP contribution >= 0.6 is 11.6 Å². The monoisotopic (exact) mass is 600 g/mol. The molecule has 3 heterocycles. The van der Waals surface area contributed by atoms with Crippen molar-refractivity contribution in [1.29, 1.82) is 5.26 Å². The van der Waals surface area contributed by atoms with Crippen LogP contribution in [0.1, 0.15) is 36.9 Å². The average Bonchev–Trinajstić information content (AvgIpc) is 3.20. The molecule has 1 N–H and O–H groups in total. The standard InChI is InChI=1S/C30H32ClF3N6O2/c31-23-7-8-27-22(15-23)16-25(39(27)12-4-3-11-35)18-40-26-6-2-1-5-21(26)17-38(19-28(40)41)29(42)36-24-9-13-37(14-10-24)20-30(32,33)34/h1-2,5-8,15-16,24H,3-4,9-10,12-14,17-20H2,(H,36,42). The highest BCUT2D eigenvalue weighted by Crippen LogP contribution is 2.30. The van der Waals surface area contributed by atoms with Crippen LogP contribution in [-0.4, -0.2) is 64.7 Å². The number of likely N-dealkylation sites (tertiary alicyclic amines) is 1. The molecule has 222 valence electrons. The van der Waals surface area contributed by atoms with E-state index in [2.05, 4.69) is 16.0 Å². The predicted molar refractivity (Wildman–Crippen MR) is 154 cm³/mol. The van der Waals surface area contributed by atoms with Crippen molar-refractivity contribution in [2.45, 2.75) is 57.5 Å². The molecule has 1 aromatic heterocycles. The topological polar surface area (TPSA) is 84.6 Å². The number of para-hydroxylation sites is 1. The Morgan fingerprint density at radius 1 is 1.10 bits per heavy atom. The Morgan fingerprint density at radius 3 is 2.60 bits per heavy atom. The van der Waals surface area contributed by atoms with Crippen molar-refractivity contribution >= 4 is 40.1 Å². The van der Waals surface area contributed by atoms with Crippen LogP contribution in [0.5, 0.6) is 0 Å². The van der Waals surface area contributed by atoms with Crippen LogP contribution in [0, 0.1) is 11.3 Å². The number of carbonyl (C=O) groups is 2. The molecular formula is C30H32ClF3N6O2. The van der Waals surface area contributed by atoms with Crippen molar-refractivity contribution in [3.63, 3.8) is 0 Å². The molecular weight excluding hydrogens is 569 g/mol. The number of carbonyl (C=O) groups excluding carboxylic acids is 2. The second-order valence-corrected chi connectivity index (χ2v) is 11.3. The lowest BCUT2D eigenvalue weighted by Gasteiger charge is -2.33. The van der Waals surface area contributed by atoms with E-state index in [-0.39, 0.29) is 44.7 Å². The minimum Gasteiger partial charge on any atom is -0.343 e. The summed E-state index contributed by atoms with van der Waals surface area (Å²) in [7, 11) is 0. The van der Waals surface area contributed by atoms with Gasteiger partial charge in [0.1, 0.15) is 6.54 Å². The summed E-state index contributed by atoms with van der Waals surface area (Å²) < 4.78 is 40.3. The number of aryl methyl sites for hydroxylation is 1. The number of hydrogen-bond donors (Lipinski definition) is 1. The summed E-state index contributed by atoms with van der Waals surface area (Å²) in [4.78, 5) is 31.5. The number of rotatable bonds is 7. The van der Waals surface area contributed by atoms with Crippen LogP contribution in [0.3, 0.4) is 0 Å². The van der Waals surface area contributed by atoms with Crippen molar-refractivity contribution in [3.05, 3.63) is 64.8 Å². The maximum absolute atomic E-state index is 13.7. The molecule has 2 aliphatic rings. The van der Waals surface area contributed by atoms with Crippen LogP contribution in [0.4, 0.5) is 23.7 Å². The van der Waals surface area contributed by atoms with Crippen molar-refractivity contribution in [3.8, 4) is 6.07 Å². The van der Waals surface area contributed by atoms with E-state index in [1.54, 1.807) is 4.90 Å². The van der Waals surface area contributed by atoms with Gasteiger partial charge in [-0.3, -0.25) is 9.69 Å². The van der Waals surface area contributed by atoms with Crippen molar-refractivity contribution in [1.82, 2.24) is 19.7 Å². The first-order valence-electron chi connectivity index (χ1n) is 14.0. The fourth-order valence-corrected chi connectivity index (χ4v) is 5.98. The third kappa shape index (κ3) is 6.99. The maximum atomic E-state index is 13.7. The fraction of sp³-hybridized carbons (Fsp3) is 0.433. The highest BCUT2D eigenvalue weighted by Gasteiger charge is 2.34. The van der Waals surface area contributed by atoms with E-state index in [0.717, 1.165) is 22.2 Å². The number of nitriles is 1. The summed E-state index contributed by atoms with van der Waals surface area (Å²) in [6, 6.07) is 16.6. The summed E-state index contributed by atoms with van der Waals surface area (Å²) in [5, 5.41) is 13.5. The van der Waals surface area contributed by atoms with Crippen molar-refractivity contribution in [2.75, 3.05) is 31.1 Å². The average molecular weight is 601 g/mol. The Balaban J connectivity index is 1.33. The number of anilines is 1. The molecule has 8 nitrogen and oxygen atoms in total. The summed E-state index contributed by atoms with van der Waals surface area (Å²) in [6.45, 7) is 0.480. The number of nitrogens with zero attached hydrogens (tertiary/aromatic N) is 5. The van der Waals surface area contributed by atoms with Gasteiger partial charge in [0.2, 0.25) is 5.91 Å². The molecule has 12 heteroatoms. The molecule has 0 unspecified atom stereocenters. The van der Waals surface area contributed by atoms with Gasteiger partial charge in [-0.15, -0.1) is 0 Å². The SMILES string of the molecule is N#CCCCn1c(CN2C(=O)CN(C(=O)NC3CCN(CC(F)(F)F)CC3)Cc3ccccc32)cc2cc(Cl)ccc21. The van der Waals surface area contributed by atoms with Gasteiger partial charge in [0.15, 0.2) is 0 Å². The first kappa shape index (κ1) is 29.7. The number of alkyl halides is 3. The van der Waals surface area contributed by atoms with E-state index in [9.17, 15) is 22.8 Å². The third-order valence-electron chi connectivity index (χ3n) is 7.82. The smallest absolute Gasteiger partial charge is 0.343 e. The van der Waals surface area contributed by atoms with Crippen LogP contribution in [0.25, 0.3) is 10.9 Å². The number of amides is 3. The minimum absolute atomic E-state index is 0.145. The van der Waals surface area contributed by atoms with Crippen LogP contribution in [0.2, 0.25) is 5.02 Å². The summed E-state index contributed by atoms with van der Waals surface area (Å²) in [6.07, 6.45) is -2.37. The van der Waals surface area contributed by atoms with Gasteiger partial charge in [-0.25, -0.2) is 4.79 Å². The lowest BCUT2D eigenvalue weighted by molar-refractivity contribution is -0.148. The van der Waals surface area contributed by atoms with E-state index in [1.807, 2.05) is 48.5 Å². The summed E-state index contributed by atoms with van der Waals surface area (Å²) in [5.74, 6) is -0.248. The van der Waals surface area contributed by atoms with Crippen molar-refractivity contribution < 1.29 is 22.8 Å². The van der Waals surface area contributed by atoms with Gasteiger partial charge in [-0.1, -0.05) is 29.8 Å². The third-order valence-corrected chi connectivity index (χ3v) is 8.05. The Hall–Kier alpha value is -3.75. The number of halogens is 4. The lowest BCUT2D eigenvalue weighted by Crippen LogP contribution is -2.51. The van der Waals surface area contributed by atoms with Crippen molar-refractivity contribution in [2.24, 2.45) is 0 Å². The quantitative estimate of drug-likeness (QED) is 0.354. The van der Waals surface area contributed by atoms with E-state index in [1.165, 1.54) is 9.80 Å². The molecule has 3 aromatic rings. The molecule has 3 amide bonds. The zero-order valence-electron chi connectivity index (χ0n) is 23.0. The molecule has 0 spiro atoms. The van der Waals surface area contributed by atoms with Crippen LogP contribution < -0.4 is 10.2 Å². The molecule has 0 radical (unpaired) electrons.